The topological polar surface area (TPSA) is 51.2 Å². The largest absolute Gasteiger partial charge is 0.472 e. The van der Waals surface area contributed by atoms with Gasteiger partial charge in [-0.3, -0.25) is 4.79 Å². The molecular weight excluding hydrogens is 228 g/mol. The van der Waals surface area contributed by atoms with Crippen LogP contribution in [-0.2, 0) is 4.79 Å². The second kappa shape index (κ2) is 4.70. The first-order chi connectivity index (χ1) is 7.28. The van der Waals surface area contributed by atoms with Crippen LogP contribution >= 0.6 is 11.6 Å². The van der Waals surface area contributed by atoms with Gasteiger partial charge in [0.2, 0.25) is 11.8 Å². The third kappa shape index (κ3) is 4.06. The van der Waals surface area contributed by atoms with E-state index in [2.05, 4.69) is 10.3 Å². The summed E-state index contributed by atoms with van der Waals surface area (Å²) in [7, 11) is 0. The molecule has 1 N–H and O–H groups in total. The number of carbonyl (C=O) groups is 1. The maximum Gasteiger partial charge on any atom is 0.222 e. The molecule has 0 saturated heterocycles. The lowest BCUT2D eigenvalue weighted by molar-refractivity contribution is -0.114. The molecule has 0 aliphatic heterocycles. The molecule has 0 aliphatic rings. The molecule has 0 atom stereocenters. The minimum absolute atomic E-state index is 0.220. The zero-order valence-corrected chi connectivity index (χ0v) is 10.6. The summed E-state index contributed by atoms with van der Waals surface area (Å²) >= 11 is 5.88. The molecule has 5 heteroatoms. The predicted octanol–water partition coefficient (Wildman–Crippen LogP) is 2.87. The summed E-state index contributed by atoms with van der Waals surface area (Å²) in [5.74, 6) is 0.527. The average Bonchev–Trinajstić information content (AvgIpc) is 2.07. The van der Waals surface area contributed by atoms with Crippen molar-refractivity contribution < 1.29 is 9.53 Å². The number of anilines is 1. The molecule has 1 amide bonds. The molecule has 1 rings (SSSR count). The van der Waals surface area contributed by atoms with E-state index in [0.29, 0.717) is 16.7 Å². The van der Waals surface area contributed by atoms with Crippen LogP contribution in [0.25, 0.3) is 0 Å². The lowest BCUT2D eigenvalue weighted by Crippen LogP contribution is -2.23. The fraction of sp³-hybridized carbons (Fsp3) is 0.455. The maximum absolute atomic E-state index is 10.9. The van der Waals surface area contributed by atoms with Crippen molar-refractivity contribution >= 4 is 23.3 Å². The first kappa shape index (κ1) is 12.8. The summed E-state index contributed by atoms with van der Waals surface area (Å²) in [6.45, 7) is 7.15. The molecule has 4 nitrogen and oxygen atoms in total. The van der Waals surface area contributed by atoms with Gasteiger partial charge in [0.15, 0.2) is 5.82 Å². The van der Waals surface area contributed by atoms with E-state index in [1.807, 2.05) is 20.8 Å². The molecule has 0 aliphatic carbocycles. The Kier molecular flexibility index (Phi) is 3.75. The van der Waals surface area contributed by atoms with Gasteiger partial charge in [-0.1, -0.05) is 11.6 Å². The Morgan fingerprint density at radius 3 is 2.56 bits per heavy atom. The van der Waals surface area contributed by atoms with Gasteiger partial charge >= 0.3 is 0 Å². The molecule has 0 bridgehead atoms. The van der Waals surface area contributed by atoms with E-state index in [-0.39, 0.29) is 11.5 Å². The summed E-state index contributed by atoms with van der Waals surface area (Å²) in [6, 6.07) is 3.31. The average molecular weight is 243 g/mol. The maximum atomic E-state index is 10.9. The Morgan fingerprint density at radius 1 is 1.44 bits per heavy atom. The molecule has 1 aromatic heterocycles. The molecule has 0 fully saturated rings. The number of carbonyl (C=O) groups excluding carboxylic acids is 1. The minimum Gasteiger partial charge on any atom is -0.472 e. The Bertz CT molecular complexity index is 399. The number of rotatable bonds is 2. The van der Waals surface area contributed by atoms with Crippen molar-refractivity contribution in [2.24, 2.45) is 0 Å². The molecule has 0 unspecified atom stereocenters. The van der Waals surface area contributed by atoms with E-state index < -0.39 is 0 Å². The highest BCUT2D eigenvalue weighted by Gasteiger charge is 2.14. The van der Waals surface area contributed by atoms with E-state index in [1.54, 1.807) is 12.1 Å². The summed E-state index contributed by atoms with van der Waals surface area (Å²) < 4.78 is 5.56. The summed E-state index contributed by atoms with van der Waals surface area (Å²) in [5, 5.41) is 2.92. The molecule has 16 heavy (non-hydrogen) atoms. The SMILES string of the molecule is CC(=O)Nc1nc(OC(C)(C)C)ccc1Cl. The van der Waals surface area contributed by atoms with Crippen molar-refractivity contribution in [1.29, 1.82) is 0 Å². The highest BCUT2D eigenvalue weighted by molar-refractivity contribution is 6.33. The molecule has 1 aromatic rings. The number of ether oxygens (including phenoxy) is 1. The highest BCUT2D eigenvalue weighted by atomic mass is 35.5. The number of halogens is 1. The van der Waals surface area contributed by atoms with Crippen molar-refractivity contribution in [2.75, 3.05) is 5.32 Å². The number of hydrogen-bond acceptors (Lipinski definition) is 3. The van der Waals surface area contributed by atoms with Crippen LogP contribution < -0.4 is 10.1 Å². The van der Waals surface area contributed by atoms with Crippen molar-refractivity contribution in [3.05, 3.63) is 17.2 Å². The molecule has 0 saturated carbocycles. The van der Waals surface area contributed by atoms with Gasteiger partial charge in [-0.05, 0) is 26.8 Å². The van der Waals surface area contributed by atoms with Crippen molar-refractivity contribution in [1.82, 2.24) is 4.98 Å². The second-order valence-electron chi connectivity index (χ2n) is 4.38. The number of amides is 1. The smallest absolute Gasteiger partial charge is 0.222 e. The Labute approximate surface area is 100.0 Å². The molecular formula is C11H15ClN2O2. The minimum atomic E-state index is -0.339. The van der Waals surface area contributed by atoms with Gasteiger partial charge in [0, 0.05) is 13.0 Å². The Hall–Kier alpha value is -1.29. The van der Waals surface area contributed by atoms with E-state index in [0.717, 1.165) is 0 Å². The van der Waals surface area contributed by atoms with Gasteiger partial charge < -0.3 is 10.1 Å². The number of pyridine rings is 1. The van der Waals surface area contributed by atoms with Gasteiger partial charge in [0.25, 0.3) is 0 Å². The number of hydrogen-bond donors (Lipinski definition) is 1. The fourth-order valence-corrected chi connectivity index (χ4v) is 1.20. The van der Waals surface area contributed by atoms with Crippen molar-refractivity contribution in [3.63, 3.8) is 0 Å². The van der Waals surface area contributed by atoms with Gasteiger partial charge in [-0.15, -0.1) is 0 Å². The van der Waals surface area contributed by atoms with Crippen LogP contribution in [0.1, 0.15) is 27.7 Å². The monoisotopic (exact) mass is 242 g/mol. The normalized spacial score (nSPS) is 11.1. The molecule has 1 heterocycles. The van der Waals surface area contributed by atoms with Gasteiger partial charge in [0.05, 0.1) is 5.02 Å². The van der Waals surface area contributed by atoms with Crippen LogP contribution in [0.2, 0.25) is 5.02 Å². The van der Waals surface area contributed by atoms with E-state index in [1.165, 1.54) is 6.92 Å². The zero-order valence-electron chi connectivity index (χ0n) is 9.80. The predicted molar refractivity (Wildman–Crippen MR) is 63.9 cm³/mol. The number of nitrogens with one attached hydrogen (secondary N) is 1. The molecule has 0 aromatic carbocycles. The summed E-state index contributed by atoms with van der Waals surface area (Å²) in [5.41, 5.74) is -0.339. The number of nitrogens with zero attached hydrogens (tertiary/aromatic N) is 1. The van der Waals surface area contributed by atoms with E-state index >= 15 is 0 Å². The number of aromatic nitrogens is 1. The van der Waals surface area contributed by atoms with Crippen LogP contribution in [0.3, 0.4) is 0 Å². The van der Waals surface area contributed by atoms with Crippen molar-refractivity contribution in [2.45, 2.75) is 33.3 Å². The highest BCUT2D eigenvalue weighted by Crippen LogP contribution is 2.24. The molecule has 88 valence electrons. The van der Waals surface area contributed by atoms with Gasteiger partial charge in [0.1, 0.15) is 5.60 Å². The van der Waals surface area contributed by atoms with E-state index in [4.69, 9.17) is 16.3 Å². The van der Waals surface area contributed by atoms with Crippen LogP contribution in [0, 0.1) is 0 Å². The Balaban J connectivity index is 2.93. The first-order valence-electron chi connectivity index (χ1n) is 4.91. The van der Waals surface area contributed by atoms with Gasteiger partial charge in [-0.25, -0.2) is 0 Å². The van der Waals surface area contributed by atoms with Crippen LogP contribution in [0.15, 0.2) is 12.1 Å². The lowest BCUT2D eigenvalue weighted by atomic mass is 10.2. The molecule has 0 radical (unpaired) electrons. The molecule has 0 spiro atoms. The standard InChI is InChI=1S/C11H15ClN2O2/c1-7(15)13-10-8(12)5-6-9(14-10)16-11(2,3)4/h5-6H,1-4H3,(H,13,14,15). The summed E-state index contributed by atoms with van der Waals surface area (Å²) in [4.78, 5) is 15.0. The second-order valence-corrected chi connectivity index (χ2v) is 4.78. The quantitative estimate of drug-likeness (QED) is 0.868. The van der Waals surface area contributed by atoms with Crippen LogP contribution in [0.5, 0.6) is 5.88 Å². The zero-order chi connectivity index (χ0) is 12.3. The third-order valence-electron chi connectivity index (χ3n) is 1.53. The van der Waals surface area contributed by atoms with Crippen LogP contribution in [0.4, 0.5) is 5.82 Å². The summed E-state index contributed by atoms with van der Waals surface area (Å²) in [6.07, 6.45) is 0. The lowest BCUT2D eigenvalue weighted by Gasteiger charge is -2.20. The first-order valence-corrected chi connectivity index (χ1v) is 5.29. The van der Waals surface area contributed by atoms with E-state index in [9.17, 15) is 4.79 Å². The van der Waals surface area contributed by atoms with Crippen molar-refractivity contribution in [3.8, 4) is 5.88 Å². The third-order valence-corrected chi connectivity index (χ3v) is 1.83. The fourth-order valence-electron chi connectivity index (χ4n) is 1.05. The van der Waals surface area contributed by atoms with Gasteiger partial charge in [-0.2, -0.15) is 4.98 Å². The Morgan fingerprint density at radius 2 is 2.06 bits per heavy atom. The van der Waals surface area contributed by atoms with Crippen LogP contribution in [-0.4, -0.2) is 16.5 Å².